The monoisotopic (exact) mass is 501 g/mol. The highest BCUT2D eigenvalue weighted by Crippen LogP contribution is 2.37. The van der Waals surface area contributed by atoms with Crippen molar-refractivity contribution >= 4 is 34.2 Å². The van der Waals surface area contributed by atoms with Crippen LogP contribution in [0.25, 0.3) is 10.8 Å². The van der Waals surface area contributed by atoms with Crippen molar-refractivity contribution in [2.75, 3.05) is 25.1 Å². The Morgan fingerprint density at radius 2 is 1.76 bits per heavy atom. The topological polar surface area (TPSA) is 79.0 Å². The van der Waals surface area contributed by atoms with Gasteiger partial charge in [-0.2, -0.15) is 0 Å². The quantitative estimate of drug-likeness (QED) is 0.382. The lowest BCUT2D eigenvalue weighted by molar-refractivity contribution is -0.141. The van der Waals surface area contributed by atoms with E-state index in [1.54, 1.807) is 16.9 Å². The van der Waals surface area contributed by atoms with E-state index in [4.69, 9.17) is 4.74 Å². The molecule has 0 saturated carbocycles. The van der Waals surface area contributed by atoms with Crippen LogP contribution in [0.3, 0.4) is 0 Å². The predicted octanol–water partition coefficient (Wildman–Crippen LogP) is 4.92. The maximum atomic E-state index is 13.5. The predicted molar refractivity (Wildman–Crippen MR) is 146 cm³/mol. The molecule has 3 aromatic rings. The first-order valence-corrected chi connectivity index (χ1v) is 13.0. The van der Waals surface area contributed by atoms with Crippen molar-refractivity contribution in [3.63, 3.8) is 0 Å². The van der Waals surface area contributed by atoms with Gasteiger partial charge in [-0.1, -0.05) is 50.2 Å². The van der Waals surface area contributed by atoms with Gasteiger partial charge in [0.15, 0.2) is 0 Å². The maximum Gasteiger partial charge on any atom is 0.258 e. The van der Waals surface area contributed by atoms with E-state index in [0.29, 0.717) is 38.0 Å². The average molecular weight is 502 g/mol. The van der Waals surface area contributed by atoms with Gasteiger partial charge in [0.1, 0.15) is 11.8 Å². The normalized spacial score (nSPS) is 13.1. The first kappa shape index (κ1) is 26.2. The zero-order valence-corrected chi connectivity index (χ0v) is 21.8. The van der Waals surface area contributed by atoms with Gasteiger partial charge < -0.3 is 19.9 Å². The van der Waals surface area contributed by atoms with Crippen LogP contribution in [0.5, 0.6) is 5.75 Å². The molecule has 0 aliphatic carbocycles. The minimum absolute atomic E-state index is 0.0280. The second kappa shape index (κ2) is 11.9. The summed E-state index contributed by atoms with van der Waals surface area (Å²) in [6, 6.07) is 18.7. The number of nitrogens with one attached hydrogen (secondary N) is 1. The number of rotatable bonds is 12. The van der Waals surface area contributed by atoms with Crippen molar-refractivity contribution < 1.29 is 19.1 Å². The second-order valence-corrected chi connectivity index (χ2v) is 9.33. The van der Waals surface area contributed by atoms with Crippen LogP contribution in [-0.4, -0.2) is 48.9 Å². The third-order valence-corrected chi connectivity index (χ3v) is 6.87. The molecule has 3 aromatic carbocycles. The third-order valence-electron chi connectivity index (χ3n) is 6.87. The molecular weight excluding hydrogens is 466 g/mol. The summed E-state index contributed by atoms with van der Waals surface area (Å²) < 4.78 is 5.25. The second-order valence-electron chi connectivity index (χ2n) is 9.33. The maximum absolute atomic E-state index is 13.5. The number of carbonyl (C=O) groups is 3. The highest BCUT2D eigenvalue weighted by Gasteiger charge is 2.31. The summed E-state index contributed by atoms with van der Waals surface area (Å²) in [6.07, 6.45) is 2.08. The van der Waals surface area contributed by atoms with Crippen molar-refractivity contribution in [1.29, 1.82) is 0 Å². The Morgan fingerprint density at radius 3 is 2.43 bits per heavy atom. The molecule has 1 heterocycles. The van der Waals surface area contributed by atoms with Gasteiger partial charge in [-0.3, -0.25) is 14.4 Å². The minimum Gasteiger partial charge on any atom is -0.497 e. The molecular formula is C30H35N3O4. The Kier molecular flexibility index (Phi) is 8.43. The molecule has 1 N–H and O–H groups in total. The summed E-state index contributed by atoms with van der Waals surface area (Å²) in [7, 11) is 1.61. The van der Waals surface area contributed by atoms with Crippen molar-refractivity contribution in [2.45, 2.75) is 52.1 Å². The van der Waals surface area contributed by atoms with E-state index in [0.717, 1.165) is 34.2 Å². The molecule has 0 aromatic heterocycles. The van der Waals surface area contributed by atoms with Crippen LogP contribution >= 0.6 is 0 Å². The number of hydrogen-bond acceptors (Lipinski definition) is 4. The fourth-order valence-corrected chi connectivity index (χ4v) is 4.95. The number of hydrogen-bond donors (Lipinski definition) is 1. The Bertz CT molecular complexity index is 1270. The molecule has 0 saturated heterocycles. The van der Waals surface area contributed by atoms with Crippen LogP contribution in [0.1, 0.15) is 55.5 Å². The van der Waals surface area contributed by atoms with E-state index < -0.39 is 6.04 Å². The van der Waals surface area contributed by atoms with Crippen LogP contribution < -0.4 is 15.0 Å². The molecule has 0 spiro atoms. The van der Waals surface area contributed by atoms with Gasteiger partial charge >= 0.3 is 0 Å². The molecule has 194 valence electrons. The number of carbonyl (C=O) groups excluding carboxylic acids is 3. The number of methoxy groups -OCH3 is 1. The molecule has 0 fully saturated rings. The molecule has 1 aliphatic rings. The highest BCUT2D eigenvalue weighted by atomic mass is 16.5. The van der Waals surface area contributed by atoms with E-state index in [1.165, 1.54) is 0 Å². The van der Waals surface area contributed by atoms with Gasteiger partial charge in [0.05, 0.1) is 12.8 Å². The van der Waals surface area contributed by atoms with E-state index in [2.05, 4.69) is 5.32 Å². The first-order chi connectivity index (χ1) is 18.0. The van der Waals surface area contributed by atoms with E-state index in [9.17, 15) is 14.4 Å². The average Bonchev–Trinajstić information content (AvgIpc) is 3.20. The number of amides is 3. The number of ether oxygens (including phenoxy) is 1. The SMILES string of the molecule is CCCNC(=O)[C@H](CC)N(Cc1ccc(OC)cc1)C(=O)CCCN1C(=O)c2cccc3cccc1c23. The Morgan fingerprint density at radius 1 is 1.03 bits per heavy atom. The fourth-order valence-electron chi connectivity index (χ4n) is 4.95. The molecule has 0 radical (unpaired) electrons. The standard InChI is InChI=1S/C30H35N3O4/c1-4-18-31-29(35)25(5-2)33(20-21-14-16-23(37-3)17-15-21)27(34)13-8-19-32-26-12-7-10-22-9-6-11-24(28(22)26)30(32)36/h6-7,9-12,14-17,25H,4-5,8,13,18-20H2,1-3H3,(H,31,35)/t25-/m0/s1. The molecule has 0 bridgehead atoms. The molecule has 37 heavy (non-hydrogen) atoms. The number of benzene rings is 3. The van der Waals surface area contributed by atoms with Crippen LogP contribution in [0.4, 0.5) is 5.69 Å². The van der Waals surface area contributed by atoms with Gasteiger partial charge in [-0.15, -0.1) is 0 Å². The van der Waals surface area contributed by atoms with Gasteiger partial charge in [0.25, 0.3) is 5.91 Å². The lowest BCUT2D eigenvalue weighted by Gasteiger charge is -2.31. The number of anilines is 1. The third kappa shape index (κ3) is 5.61. The molecule has 7 heteroatoms. The minimum atomic E-state index is -0.562. The van der Waals surface area contributed by atoms with E-state index in [-0.39, 0.29) is 24.1 Å². The summed E-state index contributed by atoms with van der Waals surface area (Å²) in [5.74, 6) is 0.472. The Labute approximate surface area is 218 Å². The summed E-state index contributed by atoms with van der Waals surface area (Å²) in [5.41, 5.74) is 2.53. The Hall–Kier alpha value is -3.87. The van der Waals surface area contributed by atoms with Gasteiger partial charge in [0, 0.05) is 37.0 Å². The fraction of sp³-hybridized carbons (Fsp3) is 0.367. The highest BCUT2D eigenvalue weighted by molar-refractivity contribution is 6.25. The van der Waals surface area contributed by atoms with Crippen molar-refractivity contribution in [2.24, 2.45) is 0 Å². The summed E-state index contributed by atoms with van der Waals surface area (Å²) in [5, 5.41) is 4.96. The van der Waals surface area contributed by atoms with Gasteiger partial charge in [0.2, 0.25) is 11.8 Å². The molecule has 1 atom stereocenters. The van der Waals surface area contributed by atoms with Gasteiger partial charge in [-0.05, 0) is 54.5 Å². The van der Waals surface area contributed by atoms with Gasteiger partial charge in [-0.25, -0.2) is 0 Å². The Balaban J connectivity index is 1.47. The summed E-state index contributed by atoms with van der Waals surface area (Å²) >= 11 is 0. The first-order valence-electron chi connectivity index (χ1n) is 13.0. The smallest absolute Gasteiger partial charge is 0.258 e. The van der Waals surface area contributed by atoms with Crippen molar-refractivity contribution in [3.8, 4) is 5.75 Å². The van der Waals surface area contributed by atoms with E-state index >= 15 is 0 Å². The molecule has 4 rings (SSSR count). The summed E-state index contributed by atoms with van der Waals surface area (Å²) in [6.45, 7) is 5.26. The molecule has 1 aliphatic heterocycles. The zero-order chi connectivity index (χ0) is 26.4. The molecule has 7 nitrogen and oxygen atoms in total. The van der Waals surface area contributed by atoms with E-state index in [1.807, 2.05) is 74.5 Å². The van der Waals surface area contributed by atoms with Crippen LogP contribution in [0.15, 0.2) is 60.7 Å². The van der Waals surface area contributed by atoms with Crippen molar-refractivity contribution in [1.82, 2.24) is 10.2 Å². The molecule has 0 unspecified atom stereocenters. The lowest BCUT2D eigenvalue weighted by Crippen LogP contribution is -2.49. The molecule has 3 amide bonds. The summed E-state index contributed by atoms with van der Waals surface area (Å²) in [4.78, 5) is 43.0. The largest absolute Gasteiger partial charge is 0.497 e. The zero-order valence-electron chi connectivity index (χ0n) is 21.8. The van der Waals surface area contributed by atoms with Crippen LogP contribution in [-0.2, 0) is 16.1 Å². The van der Waals surface area contributed by atoms with Crippen molar-refractivity contribution in [3.05, 3.63) is 71.8 Å². The van der Waals surface area contributed by atoms with Crippen LogP contribution in [0.2, 0.25) is 0 Å². The van der Waals surface area contributed by atoms with Crippen LogP contribution in [0, 0.1) is 0 Å². The number of nitrogens with zero attached hydrogens (tertiary/aromatic N) is 2. The lowest BCUT2D eigenvalue weighted by atomic mass is 10.1.